The van der Waals surface area contributed by atoms with Crippen molar-refractivity contribution < 1.29 is 34.6 Å². The molecule has 5 atom stereocenters. The minimum Gasteiger partial charge on any atom is -0.462 e. The maximum absolute atomic E-state index is 9.91. The van der Waals surface area contributed by atoms with Crippen molar-refractivity contribution in [2.75, 3.05) is 20.3 Å². The van der Waals surface area contributed by atoms with Crippen molar-refractivity contribution in [3.63, 3.8) is 0 Å². The molecule has 0 saturated carbocycles. The lowest BCUT2D eigenvalue weighted by Gasteiger charge is -2.39. The molecule has 1 fully saturated rings. The number of hydrogen-bond donors (Lipinski definition) is 4. The first-order valence-electron chi connectivity index (χ1n) is 7.29. The zero-order valence-corrected chi connectivity index (χ0v) is 12.8. The Morgan fingerprint density at radius 2 is 1.78 bits per heavy atom. The summed E-state index contributed by atoms with van der Waals surface area (Å²) in [6.07, 6.45) is -2.69. The summed E-state index contributed by atoms with van der Waals surface area (Å²) < 4.78 is 15.7. The zero-order chi connectivity index (χ0) is 16.8. The lowest BCUT2D eigenvalue weighted by molar-refractivity contribution is -0.277. The zero-order valence-electron chi connectivity index (χ0n) is 12.8. The Bertz CT molecular complexity index is 500. The van der Waals surface area contributed by atoms with Gasteiger partial charge in [0.15, 0.2) is 0 Å². The molecule has 4 N–H and O–H groups in total. The molecular formula is C16H22O7. The molecule has 23 heavy (non-hydrogen) atoms. The van der Waals surface area contributed by atoms with Crippen LogP contribution in [0.3, 0.4) is 0 Å². The van der Waals surface area contributed by atoms with Crippen LogP contribution in [0.15, 0.2) is 30.3 Å². The SMILES string of the molecule is COCC=Cc1ccc(O[C@@H]2O[C@H](CO)[C@@H](O)[C@H](O)[C@H]2O)cc1. The van der Waals surface area contributed by atoms with E-state index in [4.69, 9.17) is 19.3 Å². The molecule has 1 aromatic carbocycles. The van der Waals surface area contributed by atoms with Crippen molar-refractivity contribution in [3.05, 3.63) is 35.9 Å². The maximum atomic E-state index is 9.91. The molecule has 7 heteroatoms. The van der Waals surface area contributed by atoms with Crippen LogP contribution in [0, 0.1) is 0 Å². The Labute approximate surface area is 134 Å². The Balaban J connectivity index is 2.00. The molecule has 0 unspecified atom stereocenters. The van der Waals surface area contributed by atoms with Gasteiger partial charge in [-0.2, -0.15) is 0 Å². The van der Waals surface area contributed by atoms with E-state index in [-0.39, 0.29) is 0 Å². The number of rotatable bonds is 6. The number of hydrogen-bond acceptors (Lipinski definition) is 7. The summed E-state index contributed by atoms with van der Waals surface area (Å²) in [6.45, 7) is 0.0250. The molecule has 0 amide bonds. The summed E-state index contributed by atoms with van der Waals surface area (Å²) in [5.74, 6) is 0.429. The Morgan fingerprint density at radius 1 is 1.09 bits per heavy atom. The fraction of sp³-hybridized carbons (Fsp3) is 0.500. The van der Waals surface area contributed by atoms with Crippen LogP contribution in [0.5, 0.6) is 5.75 Å². The Morgan fingerprint density at radius 3 is 2.39 bits per heavy atom. The van der Waals surface area contributed by atoms with Gasteiger partial charge in [0.05, 0.1) is 13.2 Å². The molecule has 7 nitrogen and oxygen atoms in total. The predicted molar refractivity (Wildman–Crippen MR) is 81.7 cm³/mol. The van der Waals surface area contributed by atoms with E-state index in [2.05, 4.69) is 0 Å². The maximum Gasteiger partial charge on any atom is 0.229 e. The summed E-state index contributed by atoms with van der Waals surface area (Å²) in [4.78, 5) is 0. The van der Waals surface area contributed by atoms with Crippen LogP contribution < -0.4 is 4.74 Å². The van der Waals surface area contributed by atoms with Crippen molar-refractivity contribution in [2.24, 2.45) is 0 Å². The molecule has 0 spiro atoms. The highest BCUT2D eigenvalue weighted by atomic mass is 16.7. The van der Waals surface area contributed by atoms with E-state index in [0.29, 0.717) is 12.4 Å². The molecule has 128 valence electrons. The van der Waals surface area contributed by atoms with Crippen LogP contribution in [-0.4, -0.2) is 71.5 Å². The van der Waals surface area contributed by atoms with Crippen molar-refractivity contribution >= 4 is 6.08 Å². The van der Waals surface area contributed by atoms with E-state index in [9.17, 15) is 15.3 Å². The van der Waals surface area contributed by atoms with Crippen LogP contribution in [-0.2, 0) is 9.47 Å². The first-order valence-corrected chi connectivity index (χ1v) is 7.29. The van der Waals surface area contributed by atoms with Gasteiger partial charge in [0.1, 0.15) is 30.2 Å². The summed E-state index contributed by atoms with van der Waals surface area (Å²) in [6, 6.07) is 7.00. The minimum atomic E-state index is -1.46. The fourth-order valence-corrected chi connectivity index (χ4v) is 2.24. The molecule has 0 radical (unpaired) electrons. The molecule has 1 aliphatic rings. The van der Waals surface area contributed by atoms with Crippen molar-refractivity contribution in [1.29, 1.82) is 0 Å². The average Bonchev–Trinajstić information content (AvgIpc) is 2.57. The summed E-state index contributed by atoms with van der Waals surface area (Å²) in [7, 11) is 1.61. The van der Waals surface area contributed by atoms with Crippen LogP contribution in [0.2, 0.25) is 0 Å². The first kappa shape index (κ1) is 17.9. The first-order chi connectivity index (χ1) is 11.1. The standard InChI is InChI=1S/C16H22O7/c1-21-8-2-3-10-4-6-11(7-5-10)22-16-15(20)14(19)13(18)12(9-17)23-16/h2-7,12-20H,8-9H2,1H3/t12-,13-,14+,15-,16-/m1/s1. The van der Waals surface area contributed by atoms with Crippen LogP contribution in [0.4, 0.5) is 0 Å². The van der Waals surface area contributed by atoms with Gasteiger partial charge in [-0.1, -0.05) is 24.3 Å². The second kappa shape index (κ2) is 8.39. The van der Waals surface area contributed by atoms with Gasteiger partial charge < -0.3 is 34.6 Å². The van der Waals surface area contributed by atoms with E-state index >= 15 is 0 Å². The number of ether oxygens (including phenoxy) is 3. The molecule has 0 aromatic heterocycles. The Kier molecular flexibility index (Phi) is 6.52. The minimum absolute atomic E-state index is 0.429. The summed E-state index contributed by atoms with van der Waals surface area (Å²) in [5, 5.41) is 38.5. The van der Waals surface area contributed by atoms with Crippen molar-refractivity contribution in [2.45, 2.75) is 30.7 Å². The number of aliphatic hydroxyl groups excluding tert-OH is 4. The molecular weight excluding hydrogens is 304 g/mol. The van der Waals surface area contributed by atoms with Gasteiger partial charge in [0.2, 0.25) is 6.29 Å². The number of benzene rings is 1. The van der Waals surface area contributed by atoms with Crippen LogP contribution in [0.25, 0.3) is 6.08 Å². The van der Waals surface area contributed by atoms with Gasteiger partial charge in [0, 0.05) is 7.11 Å². The third-order valence-corrected chi connectivity index (χ3v) is 3.55. The van der Waals surface area contributed by atoms with Crippen molar-refractivity contribution in [1.82, 2.24) is 0 Å². The van der Waals surface area contributed by atoms with Gasteiger partial charge in [-0.3, -0.25) is 0 Å². The van der Waals surface area contributed by atoms with Gasteiger partial charge in [-0.15, -0.1) is 0 Å². The largest absolute Gasteiger partial charge is 0.462 e. The van der Waals surface area contributed by atoms with E-state index in [1.54, 1.807) is 19.2 Å². The molecule has 1 saturated heterocycles. The van der Waals surface area contributed by atoms with Crippen molar-refractivity contribution in [3.8, 4) is 5.75 Å². The topological polar surface area (TPSA) is 109 Å². The van der Waals surface area contributed by atoms with Gasteiger partial charge in [-0.25, -0.2) is 0 Å². The quantitative estimate of drug-likeness (QED) is 0.559. The third kappa shape index (κ3) is 4.51. The fourth-order valence-electron chi connectivity index (χ4n) is 2.24. The van der Waals surface area contributed by atoms with E-state index in [1.807, 2.05) is 24.3 Å². The average molecular weight is 326 g/mol. The molecule has 1 heterocycles. The monoisotopic (exact) mass is 326 g/mol. The normalized spacial score (nSPS) is 31.4. The van der Waals surface area contributed by atoms with Crippen LogP contribution >= 0.6 is 0 Å². The summed E-state index contributed by atoms with van der Waals surface area (Å²) >= 11 is 0. The van der Waals surface area contributed by atoms with Gasteiger partial charge in [0.25, 0.3) is 0 Å². The second-order valence-corrected chi connectivity index (χ2v) is 5.24. The number of methoxy groups -OCH3 is 1. The van der Waals surface area contributed by atoms with Gasteiger partial charge >= 0.3 is 0 Å². The Hall–Kier alpha value is -1.48. The highest BCUT2D eigenvalue weighted by Crippen LogP contribution is 2.24. The molecule has 2 rings (SSSR count). The highest BCUT2D eigenvalue weighted by Gasteiger charge is 2.44. The predicted octanol–water partition coefficient (Wildman–Crippen LogP) is -0.475. The van der Waals surface area contributed by atoms with Crippen LogP contribution in [0.1, 0.15) is 5.56 Å². The third-order valence-electron chi connectivity index (χ3n) is 3.55. The lowest BCUT2D eigenvalue weighted by Crippen LogP contribution is -2.60. The highest BCUT2D eigenvalue weighted by molar-refractivity contribution is 5.50. The second-order valence-electron chi connectivity index (χ2n) is 5.24. The van der Waals surface area contributed by atoms with E-state index in [1.165, 1.54) is 0 Å². The van der Waals surface area contributed by atoms with Gasteiger partial charge in [-0.05, 0) is 17.7 Å². The number of aliphatic hydroxyl groups is 4. The van der Waals surface area contributed by atoms with E-state index in [0.717, 1.165) is 5.56 Å². The molecule has 0 aliphatic carbocycles. The molecule has 1 aliphatic heterocycles. The summed E-state index contributed by atoms with van der Waals surface area (Å²) in [5.41, 5.74) is 0.947. The van der Waals surface area contributed by atoms with E-state index < -0.39 is 37.3 Å². The molecule has 1 aromatic rings. The smallest absolute Gasteiger partial charge is 0.229 e. The lowest BCUT2D eigenvalue weighted by atomic mass is 9.99. The molecule has 0 bridgehead atoms.